The van der Waals surface area contributed by atoms with Crippen LogP contribution in [0.1, 0.15) is 29.0 Å². The first-order valence-corrected chi connectivity index (χ1v) is 9.55. The second-order valence-corrected chi connectivity index (χ2v) is 6.86. The molecule has 0 aliphatic heterocycles. The minimum atomic E-state index is -0.348. The SMILES string of the molecule is CSc1ncc(C(=O)N(C)C(C)c2ccc(F)cc2)n1-c1ccc(F)cc1. The van der Waals surface area contributed by atoms with Crippen LogP contribution in [0.4, 0.5) is 8.78 Å². The number of nitrogens with zero attached hydrogens (tertiary/aromatic N) is 3. The number of hydrogen-bond donors (Lipinski definition) is 0. The summed E-state index contributed by atoms with van der Waals surface area (Å²) in [6.07, 6.45) is 3.38. The van der Waals surface area contributed by atoms with E-state index < -0.39 is 0 Å². The van der Waals surface area contributed by atoms with E-state index in [4.69, 9.17) is 0 Å². The Morgan fingerprint density at radius 3 is 2.19 bits per heavy atom. The lowest BCUT2D eigenvalue weighted by Crippen LogP contribution is -2.31. The lowest BCUT2D eigenvalue weighted by atomic mass is 10.1. The number of rotatable bonds is 5. The number of imidazole rings is 1. The molecule has 0 saturated heterocycles. The van der Waals surface area contributed by atoms with Gasteiger partial charge in [0.05, 0.1) is 12.2 Å². The lowest BCUT2D eigenvalue weighted by molar-refractivity contribution is 0.0734. The van der Waals surface area contributed by atoms with Gasteiger partial charge in [-0.2, -0.15) is 0 Å². The van der Waals surface area contributed by atoms with Crippen molar-refractivity contribution in [3.8, 4) is 5.69 Å². The Bertz CT molecular complexity index is 939. The third kappa shape index (κ3) is 3.88. The first-order valence-electron chi connectivity index (χ1n) is 8.32. The molecule has 27 heavy (non-hydrogen) atoms. The van der Waals surface area contributed by atoms with E-state index >= 15 is 0 Å². The van der Waals surface area contributed by atoms with Crippen molar-refractivity contribution >= 4 is 17.7 Å². The maximum absolute atomic E-state index is 13.3. The summed E-state index contributed by atoms with van der Waals surface area (Å²) in [4.78, 5) is 19.0. The van der Waals surface area contributed by atoms with Gasteiger partial charge in [-0.05, 0) is 55.1 Å². The van der Waals surface area contributed by atoms with Gasteiger partial charge in [0.15, 0.2) is 5.16 Å². The van der Waals surface area contributed by atoms with Crippen molar-refractivity contribution in [3.05, 3.63) is 77.6 Å². The summed E-state index contributed by atoms with van der Waals surface area (Å²) in [6.45, 7) is 1.87. The number of amides is 1. The molecule has 1 atom stereocenters. The molecule has 0 aliphatic carbocycles. The van der Waals surface area contributed by atoms with Gasteiger partial charge in [0.25, 0.3) is 5.91 Å². The van der Waals surface area contributed by atoms with Gasteiger partial charge in [0.2, 0.25) is 0 Å². The van der Waals surface area contributed by atoms with E-state index in [1.165, 1.54) is 42.2 Å². The number of halogens is 2. The van der Waals surface area contributed by atoms with Crippen LogP contribution in [0.3, 0.4) is 0 Å². The molecule has 0 N–H and O–H groups in total. The highest BCUT2D eigenvalue weighted by Gasteiger charge is 2.24. The van der Waals surface area contributed by atoms with Gasteiger partial charge in [-0.15, -0.1) is 0 Å². The number of carbonyl (C=O) groups is 1. The molecule has 0 fully saturated rings. The summed E-state index contributed by atoms with van der Waals surface area (Å²) in [5.41, 5.74) is 1.86. The average Bonchev–Trinajstić information content (AvgIpc) is 3.11. The van der Waals surface area contributed by atoms with E-state index in [9.17, 15) is 13.6 Å². The minimum absolute atomic E-state index is 0.232. The van der Waals surface area contributed by atoms with Gasteiger partial charge < -0.3 is 4.90 Å². The molecule has 0 aliphatic rings. The van der Waals surface area contributed by atoms with E-state index in [2.05, 4.69) is 4.98 Å². The maximum atomic E-state index is 13.3. The standard InChI is InChI=1S/C20H19F2N3OS/c1-13(14-4-6-15(21)7-5-14)24(2)19(26)18-12-23-20(27-3)25(18)17-10-8-16(22)9-11-17/h4-13H,1-3H3. The Morgan fingerprint density at radius 1 is 1.07 bits per heavy atom. The third-order valence-electron chi connectivity index (χ3n) is 4.47. The Balaban J connectivity index is 1.95. The quantitative estimate of drug-likeness (QED) is 0.596. The molecule has 4 nitrogen and oxygen atoms in total. The summed E-state index contributed by atoms with van der Waals surface area (Å²) in [5.74, 6) is -0.901. The normalized spacial score (nSPS) is 12.0. The predicted octanol–water partition coefficient (Wildman–Crippen LogP) is 4.71. The molecule has 0 spiro atoms. The van der Waals surface area contributed by atoms with Crippen LogP contribution in [0.25, 0.3) is 5.69 Å². The second-order valence-electron chi connectivity index (χ2n) is 6.09. The van der Waals surface area contributed by atoms with Crippen molar-refractivity contribution < 1.29 is 13.6 Å². The smallest absolute Gasteiger partial charge is 0.272 e. The van der Waals surface area contributed by atoms with Gasteiger partial charge in [-0.3, -0.25) is 9.36 Å². The van der Waals surface area contributed by atoms with E-state index in [0.29, 0.717) is 16.5 Å². The molecule has 1 amide bonds. The van der Waals surface area contributed by atoms with Crippen LogP contribution in [0, 0.1) is 11.6 Å². The second kappa shape index (κ2) is 7.92. The van der Waals surface area contributed by atoms with E-state index in [1.54, 1.807) is 40.8 Å². The molecule has 0 radical (unpaired) electrons. The van der Waals surface area contributed by atoms with Crippen LogP contribution in [-0.4, -0.2) is 33.7 Å². The highest BCUT2D eigenvalue weighted by atomic mass is 32.2. The van der Waals surface area contributed by atoms with E-state index in [0.717, 1.165) is 5.56 Å². The molecule has 0 bridgehead atoms. The van der Waals surface area contributed by atoms with Crippen LogP contribution in [-0.2, 0) is 0 Å². The molecule has 3 aromatic rings. The highest BCUT2D eigenvalue weighted by Crippen LogP contribution is 2.26. The first-order chi connectivity index (χ1) is 12.9. The summed E-state index contributed by atoms with van der Waals surface area (Å²) in [5, 5.41) is 0.632. The topological polar surface area (TPSA) is 38.1 Å². The fourth-order valence-corrected chi connectivity index (χ4v) is 3.34. The van der Waals surface area contributed by atoms with Crippen molar-refractivity contribution in [1.29, 1.82) is 0 Å². The Morgan fingerprint density at radius 2 is 1.63 bits per heavy atom. The van der Waals surface area contributed by atoms with Gasteiger partial charge >= 0.3 is 0 Å². The maximum Gasteiger partial charge on any atom is 0.272 e. The summed E-state index contributed by atoms with van der Waals surface area (Å²) in [6, 6.07) is 11.7. The van der Waals surface area contributed by atoms with Crippen LogP contribution >= 0.6 is 11.8 Å². The largest absolute Gasteiger partial charge is 0.334 e. The zero-order valence-corrected chi connectivity index (χ0v) is 16.0. The third-order valence-corrected chi connectivity index (χ3v) is 5.12. The molecule has 1 aromatic heterocycles. The molecule has 140 valence electrons. The Labute approximate surface area is 160 Å². The molecular formula is C20H19F2N3OS. The first kappa shape index (κ1) is 19.1. The summed E-state index contributed by atoms with van der Waals surface area (Å²) in [7, 11) is 1.69. The van der Waals surface area contributed by atoms with Gasteiger partial charge in [-0.1, -0.05) is 23.9 Å². The zero-order chi connectivity index (χ0) is 19.6. The summed E-state index contributed by atoms with van der Waals surface area (Å²) < 4.78 is 28.2. The molecule has 1 heterocycles. The van der Waals surface area contributed by atoms with E-state index in [-0.39, 0.29) is 23.6 Å². The summed E-state index contributed by atoms with van der Waals surface area (Å²) >= 11 is 1.40. The lowest BCUT2D eigenvalue weighted by Gasteiger charge is -2.26. The van der Waals surface area contributed by atoms with Crippen LogP contribution < -0.4 is 0 Å². The van der Waals surface area contributed by atoms with Gasteiger partial charge in [0.1, 0.15) is 17.3 Å². The van der Waals surface area contributed by atoms with Crippen molar-refractivity contribution in [2.24, 2.45) is 0 Å². The fraction of sp³-hybridized carbons (Fsp3) is 0.200. The number of thioether (sulfide) groups is 1. The van der Waals surface area contributed by atoms with Gasteiger partial charge in [0, 0.05) is 12.7 Å². The number of carbonyl (C=O) groups excluding carboxylic acids is 1. The Hall–Kier alpha value is -2.67. The molecular weight excluding hydrogens is 368 g/mol. The van der Waals surface area contributed by atoms with Crippen molar-refractivity contribution in [2.75, 3.05) is 13.3 Å². The van der Waals surface area contributed by atoms with Crippen molar-refractivity contribution in [1.82, 2.24) is 14.5 Å². The zero-order valence-electron chi connectivity index (χ0n) is 15.2. The molecule has 0 saturated carbocycles. The molecule has 3 rings (SSSR count). The van der Waals surface area contributed by atoms with Gasteiger partial charge in [-0.25, -0.2) is 13.8 Å². The van der Waals surface area contributed by atoms with Crippen LogP contribution in [0.2, 0.25) is 0 Å². The molecule has 7 heteroatoms. The minimum Gasteiger partial charge on any atom is -0.334 e. The Kier molecular flexibility index (Phi) is 5.60. The number of aromatic nitrogens is 2. The fourth-order valence-electron chi connectivity index (χ4n) is 2.79. The van der Waals surface area contributed by atoms with Crippen molar-refractivity contribution in [3.63, 3.8) is 0 Å². The predicted molar refractivity (Wildman–Crippen MR) is 102 cm³/mol. The number of hydrogen-bond acceptors (Lipinski definition) is 3. The molecule has 1 unspecified atom stereocenters. The average molecular weight is 387 g/mol. The van der Waals surface area contributed by atoms with Crippen molar-refractivity contribution in [2.45, 2.75) is 18.1 Å². The van der Waals surface area contributed by atoms with Crippen LogP contribution in [0.5, 0.6) is 0 Å². The number of benzene rings is 2. The highest BCUT2D eigenvalue weighted by molar-refractivity contribution is 7.98. The van der Waals surface area contributed by atoms with Crippen LogP contribution in [0.15, 0.2) is 59.9 Å². The molecule has 2 aromatic carbocycles. The van der Waals surface area contributed by atoms with E-state index in [1.807, 2.05) is 13.2 Å². The monoisotopic (exact) mass is 387 g/mol.